The summed E-state index contributed by atoms with van der Waals surface area (Å²) in [5.41, 5.74) is 1.08. The van der Waals surface area contributed by atoms with E-state index in [1.807, 2.05) is 6.26 Å². The first kappa shape index (κ1) is 15.4. The molecule has 0 unspecified atom stereocenters. The minimum absolute atomic E-state index is 0.375. The smallest absolute Gasteiger partial charge is 0.196 e. The molecule has 5 heteroatoms. The fraction of sp³-hybridized carbons (Fsp3) is 0.812. The van der Waals surface area contributed by atoms with Gasteiger partial charge in [-0.1, -0.05) is 13.8 Å². The van der Waals surface area contributed by atoms with Gasteiger partial charge in [-0.25, -0.2) is 4.98 Å². The van der Waals surface area contributed by atoms with Crippen LogP contribution in [0, 0.1) is 0 Å². The molecule has 1 aromatic rings. The third kappa shape index (κ3) is 4.02. The third-order valence-electron chi connectivity index (χ3n) is 4.56. The second-order valence-electron chi connectivity index (χ2n) is 6.49. The molecule has 0 atom stereocenters. The summed E-state index contributed by atoms with van der Waals surface area (Å²) in [5.74, 6) is 3.94. The Bertz CT molecular complexity index is 434. The predicted molar refractivity (Wildman–Crippen MR) is 87.8 cm³/mol. The van der Waals surface area contributed by atoms with Crippen LogP contribution in [-0.2, 0) is 6.54 Å². The van der Waals surface area contributed by atoms with Gasteiger partial charge in [0.1, 0.15) is 6.26 Å². The van der Waals surface area contributed by atoms with Gasteiger partial charge in [0.2, 0.25) is 0 Å². The molecule has 0 saturated carbocycles. The monoisotopic (exact) mass is 309 g/mol. The Morgan fingerprint density at radius 1 is 1.24 bits per heavy atom. The Morgan fingerprint density at radius 2 is 1.95 bits per heavy atom. The number of aromatic nitrogens is 1. The molecule has 0 amide bonds. The van der Waals surface area contributed by atoms with E-state index >= 15 is 0 Å². The zero-order valence-corrected chi connectivity index (χ0v) is 14.1. The van der Waals surface area contributed by atoms with Crippen molar-refractivity contribution in [3.63, 3.8) is 0 Å². The molecular weight excluding hydrogens is 282 g/mol. The first-order chi connectivity index (χ1) is 10.2. The van der Waals surface area contributed by atoms with Crippen molar-refractivity contribution in [1.82, 2.24) is 14.8 Å². The minimum atomic E-state index is 0.375. The van der Waals surface area contributed by atoms with Gasteiger partial charge >= 0.3 is 0 Å². The van der Waals surface area contributed by atoms with Gasteiger partial charge in [0.25, 0.3) is 0 Å². The van der Waals surface area contributed by atoms with E-state index in [-0.39, 0.29) is 0 Å². The first-order valence-electron chi connectivity index (χ1n) is 8.21. The average Bonchev–Trinajstić information content (AvgIpc) is 2.98. The Kier molecular flexibility index (Phi) is 5.24. The number of piperazine rings is 1. The highest BCUT2D eigenvalue weighted by Crippen LogP contribution is 2.23. The lowest BCUT2D eigenvalue weighted by Gasteiger charge is -2.40. The molecule has 3 rings (SSSR count). The molecule has 4 nitrogen and oxygen atoms in total. The zero-order chi connectivity index (χ0) is 14.7. The lowest BCUT2D eigenvalue weighted by molar-refractivity contribution is 0.0872. The van der Waals surface area contributed by atoms with E-state index in [0.717, 1.165) is 37.3 Å². The predicted octanol–water partition coefficient (Wildman–Crippen LogP) is 2.81. The summed E-state index contributed by atoms with van der Waals surface area (Å²) in [6.45, 7) is 9.92. The molecule has 0 radical (unpaired) electrons. The molecule has 2 saturated heterocycles. The molecule has 2 aliphatic heterocycles. The van der Waals surface area contributed by atoms with Crippen LogP contribution < -0.4 is 0 Å². The summed E-state index contributed by atoms with van der Waals surface area (Å²) in [7, 11) is 0. The molecule has 0 N–H and O–H groups in total. The molecule has 118 valence electrons. The highest BCUT2D eigenvalue weighted by molar-refractivity contribution is 7.99. The largest absolute Gasteiger partial charge is 0.448 e. The van der Waals surface area contributed by atoms with Crippen molar-refractivity contribution < 1.29 is 4.42 Å². The zero-order valence-electron chi connectivity index (χ0n) is 13.3. The van der Waals surface area contributed by atoms with Crippen LogP contribution in [0.25, 0.3) is 0 Å². The van der Waals surface area contributed by atoms with Gasteiger partial charge in [0.05, 0.1) is 5.69 Å². The van der Waals surface area contributed by atoms with Crippen LogP contribution in [0.15, 0.2) is 10.7 Å². The van der Waals surface area contributed by atoms with Crippen LogP contribution >= 0.6 is 11.8 Å². The lowest BCUT2D eigenvalue weighted by Crippen LogP contribution is -2.50. The number of hydrogen-bond acceptors (Lipinski definition) is 5. The summed E-state index contributed by atoms with van der Waals surface area (Å²) in [6.07, 6.45) is 4.59. The standard InChI is InChI=1S/C16H27N3OS/c1-13(2)16-17-14(12-20-16)11-18-5-7-19(8-6-18)15-3-9-21-10-4-15/h12-13,15H,3-11H2,1-2H3. The molecule has 21 heavy (non-hydrogen) atoms. The van der Waals surface area contributed by atoms with E-state index in [4.69, 9.17) is 4.42 Å². The molecule has 2 aliphatic rings. The van der Waals surface area contributed by atoms with Crippen molar-refractivity contribution in [2.45, 2.75) is 45.2 Å². The third-order valence-corrected chi connectivity index (χ3v) is 5.61. The fourth-order valence-corrected chi connectivity index (χ4v) is 4.31. The van der Waals surface area contributed by atoms with Crippen LogP contribution in [0.3, 0.4) is 0 Å². The maximum atomic E-state index is 5.53. The average molecular weight is 309 g/mol. The molecule has 0 aromatic carbocycles. The van der Waals surface area contributed by atoms with Gasteiger partial charge in [-0.15, -0.1) is 0 Å². The van der Waals surface area contributed by atoms with E-state index in [9.17, 15) is 0 Å². The molecule has 0 bridgehead atoms. The van der Waals surface area contributed by atoms with Gasteiger partial charge in [-0.2, -0.15) is 11.8 Å². The van der Waals surface area contributed by atoms with Crippen LogP contribution in [0.5, 0.6) is 0 Å². The number of thioether (sulfide) groups is 1. The first-order valence-corrected chi connectivity index (χ1v) is 9.36. The van der Waals surface area contributed by atoms with E-state index < -0.39 is 0 Å². The van der Waals surface area contributed by atoms with E-state index in [2.05, 4.69) is 40.4 Å². The van der Waals surface area contributed by atoms with Gasteiger partial charge in [0, 0.05) is 44.7 Å². The topological polar surface area (TPSA) is 32.5 Å². The quantitative estimate of drug-likeness (QED) is 0.854. The Hall–Kier alpha value is -0.520. The molecule has 1 aromatic heterocycles. The second kappa shape index (κ2) is 7.16. The number of oxazole rings is 1. The van der Waals surface area contributed by atoms with Crippen molar-refractivity contribution in [3.8, 4) is 0 Å². The fourth-order valence-electron chi connectivity index (χ4n) is 3.23. The van der Waals surface area contributed by atoms with Crippen molar-refractivity contribution >= 4 is 11.8 Å². The number of nitrogens with zero attached hydrogens (tertiary/aromatic N) is 3. The van der Waals surface area contributed by atoms with Crippen LogP contribution in [0.4, 0.5) is 0 Å². The summed E-state index contributed by atoms with van der Waals surface area (Å²) < 4.78 is 5.53. The van der Waals surface area contributed by atoms with Crippen molar-refractivity contribution in [1.29, 1.82) is 0 Å². The van der Waals surface area contributed by atoms with Gasteiger partial charge < -0.3 is 4.42 Å². The van der Waals surface area contributed by atoms with Crippen LogP contribution in [0.1, 0.15) is 44.2 Å². The SMILES string of the molecule is CC(C)c1nc(CN2CCN(C3CCSCC3)CC2)co1. The van der Waals surface area contributed by atoms with Gasteiger partial charge in [0.15, 0.2) is 5.89 Å². The van der Waals surface area contributed by atoms with Gasteiger partial charge in [-0.3, -0.25) is 9.80 Å². The Morgan fingerprint density at radius 3 is 2.57 bits per heavy atom. The summed E-state index contributed by atoms with van der Waals surface area (Å²) in [5, 5.41) is 0. The van der Waals surface area contributed by atoms with E-state index in [1.54, 1.807) is 0 Å². The number of rotatable bonds is 4. The summed E-state index contributed by atoms with van der Waals surface area (Å²) in [4.78, 5) is 9.80. The maximum absolute atomic E-state index is 5.53. The van der Waals surface area contributed by atoms with E-state index in [0.29, 0.717) is 5.92 Å². The molecule has 3 heterocycles. The maximum Gasteiger partial charge on any atom is 0.196 e. The second-order valence-corrected chi connectivity index (χ2v) is 7.71. The minimum Gasteiger partial charge on any atom is -0.448 e. The molecule has 0 spiro atoms. The molecular formula is C16H27N3OS. The Labute approximate surface area is 132 Å². The van der Waals surface area contributed by atoms with E-state index in [1.165, 1.54) is 37.4 Å². The molecule has 2 fully saturated rings. The number of hydrogen-bond donors (Lipinski definition) is 0. The highest BCUT2D eigenvalue weighted by atomic mass is 32.2. The van der Waals surface area contributed by atoms with Crippen LogP contribution in [0.2, 0.25) is 0 Å². The van der Waals surface area contributed by atoms with Crippen LogP contribution in [-0.4, -0.2) is 58.5 Å². The molecule has 0 aliphatic carbocycles. The highest BCUT2D eigenvalue weighted by Gasteiger charge is 2.25. The van der Waals surface area contributed by atoms with Gasteiger partial charge in [-0.05, 0) is 24.3 Å². The normalized spacial score (nSPS) is 23.0. The summed E-state index contributed by atoms with van der Waals surface area (Å²) in [6, 6.07) is 0.841. The Balaban J connectivity index is 1.46. The lowest BCUT2D eigenvalue weighted by atomic mass is 10.1. The van der Waals surface area contributed by atoms with Crippen molar-refractivity contribution in [3.05, 3.63) is 17.8 Å². The van der Waals surface area contributed by atoms with Crippen molar-refractivity contribution in [2.75, 3.05) is 37.7 Å². The summed E-state index contributed by atoms with van der Waals surface area (Å²) >= 11 is 2.11. The van der Waals surface area contributed by atoms with Crippen molar-refractivity contribution in [2.24, 2.45) is 0 Å².